The first-order valence-electron chi connectivity index (χ1n) is 9.57. The largest absolute Gasteiger partial charge is 0.502 e. The highest BCUT2D eigenvalue weighted by atomic mass is 16.3. The fourth-order valence-corrected chi connectivity index (χ4v) is 3.15. The van der Waals surface area contributed by atoms with E-state index >= 15 is 0 Å². The van der Waals surface area contributed by atoms with Crippen LogP contribution in [0.3, 0.4) is 0 Å². The van der Waals surface area contributed by atoms with Crippen LogP contribution in [-0.2, 0) is 0 Å². The van der Waals surface area contributed by atoms with Gasteiger partial charge in [0.15, 0.2) is 0 Å². The van der Waals surface area contributed by atoms with Crippen LogP contribution in [0.2, 0.25) is 0 Å². The number of para-hydroxylation sites is 1. The van der Waals surface area contributed by atoms with Gasteiger partial charge in [-0.25, -0.2) is 10.3 Å². The lowest BCUT2D eigenvalue weighted by atomic mass is 10.1. The first-order valence-corrected chi connectivity index (χ1v) is 9.57. The van der Waals surface area contributed by atoms with Gasteiger partial charge in [-0.15, -0.1) is 0 Å². The highest BCUT2D eigenvalue weighted by Gasteiger charge is 2.19. The van der Waals surface area contributed by atoms with Gasteiger partial charge in [0.25, 0.3) is 11.5 Å². The van der Waals surface area contributed by atoms with Crippen molar-refractivity contribution in [3.63, 3.8) is 0 Å². The van der Waals surface area contributed by atoms with Crippen molar-refractivity contribution in [2.24, 2.45) is 5.10 Å². The van der Waals surface area contributed by atoms with E-state index in [1.54, 1.807) is 19.1 Å². The number of aromatic hydroxyl groups is 1. The molecule has 4 aromatic rings. The Kier molecular flexibility index (Phi) is 5.46. The van der Waals surface area contributed by atoms with Crippen LogP contribution in [0.15, 0.2) is 64.5 Å². The Bertz CT molecular complexity index is 1400. The molecule has 32 heavy (non-hydrogen) atoms. The highest BCUT2D eigenvalue weighted by molar-refractivity contribution is 5.85. The molecule has 4 rings (SSSR count). The summed E-state index contributed by atoms with van der Waals surface area (Å²) in [6.45, 7) is 11.0. The predicted octanol–water partition coefficient (Wildman–Crippen LogP) is 3.13. The Hall–Kier alpha value is -4.78. The number of hydrogen-bond acceptors (Lipinski definition) is 7. The molecule has 10 heteroatoms. The third-order valence-corrected chi connectivity index (χ3v) is 4.85. The van der Waals surface area contributed by atoms with Crippen molar-refractivity contribution in [2.75, 3.05) is 5.43 Å². The van der Waals surface area contributed by atoms with Gasteiger partial charge in [-0.05, 0) is 54.1 Å². The number of nitrogens with one attached hydrogen (secondary N) is 1. The van der Waals surface area contributed by atoms with Gasteiger partial charge in [0.05, 0.1) is 29.7 Å². The Labute approximate surface area is 182 Å². The van der Waals surface area contributed by atoms with Crippen molar-refractivity contribution >= 4 is 17.9 Å². The van der Waals surface area contributed by atoms with E-state index in [4.69, 9.17) is 6.57 Å². The molecule has 0 unspecified atom stereocenters. The third-order valence-electron chi connectivity index (χ3n) is 4.85. The van der Waals surface area contributed by atoms with E-state index in [2.05, 4.69) is 30.9 Å². The second-order valence-electron chi connectivity index (χ2n) is 6.92. The second-order valence-corrected chi connectivity index (χ2v) is 6.92. The third kappa shape index (κ3) is 3.70. The molecule has 0 amide bonds. The van der Waals surface area contributed by atoms with Crippen LogP contribution in [0.5, 0.6) is 5.88 Å². The molecule has 2 aromatic carbocycles. The zero-order chi connectivity index (χ0) is 22.7. The molecular weight excluding hydrogens is 408 g/mol. The average Bonchev–Trinajstić information content (AvgIpc) is 3.27. The van der Waals surface area contributed by atoms with Gasteiger partial charge in [-0.2, -0.15) is 9.78 Å². The molecule has 0 saturated carbocycles. The van der Waals surface area contributed by atoms with Crippen molar-refractivity contribution in [1.29, 1.82) is 0 Å². The quantitative estimate of drug-likeness (QED) is 0.288. The van der Waals surface area contributed by atoms with Gasteiger partial charge in [-0.3, -0.25) is 9.36 Å². The number of tetrazole rings is 1. The van der Waals surface area contributed by atoms with E-state index in [0.717, 1.165) is 15.8 Å². The maximum Gasteiger partial charge on any atom is 0.268 e. The molecule has 2 N–H and O–H groups in total. The van der Waals surface area contributed by atoms with Gasteiger partial charge in [-0.1, -0.05) is 41.0 Å². The van der Waals surface area contributed by atoms with Crippen molar-refractivity contribution in [3.05, 3.63) is 93.1 Å². The lowest BCUT2D eigenvalue weighted by Crippen LogP contribution is -2.24. The lowest BCUT2D eigenvalue weighted by Gasteiger charge is -2.14. The Balaban J connectivity index is 1.74. The van der Waals surface area contributed by atoms with Crippen molar-refractivity contribution in [2.45, 2.75) is 13.8 Å². The summed E-state index contributed by atoms with van der Waals surface area (Å²) in [6.07, 6.45) is 1.29. The first kappa shape index (κ1) is 20.5. The fraction of sp³-hybridized carbons (Fsp3) is 0.0909. The second kappa shape index (κ2) is 8.53. The fourth-order valence-electron chi connectivity index (χ4n) is 3.15. The van der Waals surface area contributed by atoms with Crippen LogP contribution in [0.4, 0.5) is 11.6 Å². The van der Waals surface area contributed by atoms with E-state index in [1.165, 1.54) is 10.9 Å². The summed E-state index contributed by atoms with van der Waals surface area (Å²) in [4.78, 5) is 16.6. The van der Waals surface area contributed by atoms with Crippen molar-refractivity contribution in [1.82, 2.24) is 24.8 Å². The summed E-state index contributed by atoms with van der Waals surface area (Å²) < 4.78 is 2.55. The van der Waals surface area contributed by atoms with E-state index in [1.807, 2.05) is 49.4 Å². The normalized spacial score (nSPS) is 10.9. The van der Waals surface area contributed by atoms with E-state index in [-0.39, 0.29) is 17.2 Å². The van der Waals surface area contributed by atoms with Crippen LogP contribution in [-0.4, -0.2) is 36.1 Å². The number of nitrogens with zero attached hydrogens (tertiary/aromatic N) is 7. The van der Waals surface area contributed by atoms with Crippen LogP contribution in [0.25, 0.3) is 16.2 Å². The molecule has 158 valence electrons. The zero-order valence-corrected chi connectivity index (χ0v) is 17.3. The van der Waals surface area contributed by atoms with Gasteiger partial charge in [0, 0.05) is 0 Å². The van der Waals surface area contributed by atoms with E-state index < -0.39 is 11.4 Å². The molecule has 2 aromatic heterocycles. The molecule has 2 heterocycles. The number of anilines is 1. The molecule has 0 spiro atoms. The van der Waals surface area contributed by atoms with E-state index in [9.17, 15) is 9.90 Å². The summed E-state index contributed by atoms with van der Waals surface area (Å²) in [7, 11) is 0. The molecular formula is C22H18N8O2. The van der Waals surface area contributed by atoms with Gasteiger partial charge in [0.1, 0.15) is 0 Å². The number of hydrogen-bond donors (Lipinski definition) is 2. The predicted molar refractivity (Wildman–Crippen MR) is 120 cm³/mol. The molecule has 0 aliphatic carbocycles. The molecule has 0 saturated heterocycles. The molecule has 0 bridgehead atoms. The van der Waals surface area contributed by atoms with Crippen molar-refractivity contribution < 1.29 is 5.11 Å². The monoisotopic (exact) mass is 426 g/mol. The molecule has 0 aliphatic rings. The van der Waals surface area contributed by atoms with Crippen LogP contribution in [0.1, 0.15) is 16.7 Å². The summed E-state index contributed by atoms with van der Waals surface area (Å²) in [5.74, 6) is -0.169. The SMILES string of the molecule is [C-]#[N+]c1c(C)c(/C=N/Nc2nnnn2-c2ccccc2)c(=O)n(-c2ccc(C)cc2)c1O. The number of rotatable bonds is 5. The minimum atomic E-state index is -0.510. The minimum Gasteiger partial charge on any atom is -0.502 e. The summed E-state index contributed by atoms with van der Waals surface area (Å²) in [5, 5.41) is 26.2. The maximum atomic E-state index is 13.2. The highest BCUT2D eigenvalue weighted by Crippen LogP contribution is 2.32. The van der Waals surface area contributed by atoms with Crippen LogP contribution in [0, 0.1) is 20.4 Å². The lowest BCUT2D eigenvalue weighted by molar-refractivity contribution is 0.438. The van der Waals surface area contributed by atoms with Gasteiger partial charge in [0.2, 0.25) is 11.6 Å². The minimum absolute atomic E-state index is 0.0271. The van der Waals surface area contributed by atoms with Gasteiger partial charge >= 0.3 is 0 Å². The first-order chi connectivity index (χ1) is 15.5. The summed E-state index contributed by atoms with van der Waals surface area (Å²) in [6, 6.07) is 16.3. The number of aryl methyl sites for hydroxylation is 1. The Morgan fingerprint density at radius 2 is 1.81 bits per heavy atom. The Morgan fingerprint density at radius 3 is 2.50 bits per heavy atom. The topological polar surface area (TPSA) is 115 Å². The van der Waals surface area contributed by atoms with Gasteiger partial charge < -0.3 is 5.11 Å². The average molecular weight is 426 g/mol. The maximum absolute atomic E-state index is 13.2. The number of pyridine rings is 1. The Morgan fingerprint density at radius 1 is 1.09 bits per heavy atom. The molecule has 10 nitrogen and oxygen atoms in total. The number of benzene rings is 2. The number of hydrazone groups is 1. The van der Waals surface area contributed by atoms with Crippen LogP contribution >= 0.6 is 0 Å². The van der Waals surface area contributed by atoms with E-state index in [0.29, 0.717) is 11.3 Å². The molecule has 0 radical (unpaired) electrons. The van der Waals surface area contributed by atoms with Crippen molar-refractivity contribution in [3.8, 4) is 17.3 Å². The van der Waals surface area contributed by atoms with Crippen LogP contribution < -0.4 is 11.0 Å². The molecule has 0 fully saturated rings. The number of aromatic nitrogens is 5. The zero-order valence-electron chi connectivity index (χ0n) is 17.3. The smallest absolute Gasteiger partial charge is 0.268 e. The summed E-state index contributed by atoms with van der Waals surface area (Å²) in [5.41, 5.74) is 4.83. The molecule has 0 aliphatic heterocycles. The standard InChI is InChI=1S/C22H18N8O2/c1-14-9-11-16(12-10-14)29-20(31)18(15(2)19(23-3)21(29)32)13-24-25-22-26-27-28-30(22)17-7-5-4-6-8-17/h4-13,32H,1-2H3,(H,25,26,28)/b24-13+. The molecule has 0 atom stereocenters. The summed E-state index contributed by atoms with van der Waals surface area (Å²) >= 11 is 0.